The van der Waals surface area contributed by atoms with Gasteiger partial charge in [-0.15, -0.1) is 0 Å². The molecule has 0 radical (unpaired) electrons. The third-order valence-corrected chi connectivity index (χ3v) is 4.42. The van der Waals surface area contributed by atoms with Crippen molar-refractivity contribution in [2.24, 2.45) is 5.92 Å². The third-order valence-electron chi connectivity index (χ3n) is 4.42. The normalized spacial score (nSPS) is 14.5. The number of nitrogens with zero attached hydrogens (tertiary/aromatic N) is 4. The molecule has 1 aliphatic rings. The number of hydrogen-bond donors (Lipinski definition) is 0. The number of rotatable bonds is 5. The molecule has 1 aliphatic heterocycles. The summed E-state index contributed by atoms with van der Waals surface area (Å²) >= 11 is 0. The van der Waals surface area contributed by atoms with Crippen LogP contribution in [0.5, 0.6) is 0 Å². The second-order valence-electron chi connectivity index (χ2n) is 7.09. The maximum absolute atomic E-state index is 14.5. The van der Waals surface area contributed by atoms with Crippen LogP contribution in [0, 0.1) is 11.7 Å². The zero-order valence-electron chi connectivity index (χ0n) is 16.0. The number of aromatic nitrogens is 2. The van der Waals surface area contributed by atoms with Gasteiger partial charge in [-0.05, 0) is 18.1 Å². The molecule has 27 heavy (non-hydrogen) atoms. The van der Waals surface area contributed by atoms with E-state index in [9.17, 15) is 9.18 Å². The molecule has 0 bridgehead atoms. The lowest BCUT2D eigenvalue weighted by Crippen LogP contribution is -2.37. The van der Waals surface area contributed by atoms with E-state index >= 15 is 0 Å². The van der Waals surface area contributed by atoms with Crippen LogP contribution in [0.3, 0.4) is 0 Å². The standard InChI is InChI=1S/C20H25FN4O2/c1-14(2)13-24(3)19(26)16-12-22-20(25-8-10-27-11-9-25)23-18(16)15-6-4-5-7-17(15)21/h4-7,12,14H,8-11,13H2,1-3H3. The van der Waals surface area contributed by atoms with Crippen LogP contribution in [0.4, 0.5) is 10.3 Å². The molecule has 3 rings (SSSR count). The van der Waals surface area contributed by atoms with E-state index in [0.29, 0.717) is 61.5 Å². The molecular weight excluding hydrogens is 347 g/mol. The molecule has 1 amide bonds. The molecule has 0 aliphatic carbocycles. The zero-order chi connectivity index (χ0) is 19.4. The van der Waals surface area contributed by atoms with Gasteiger partial charge in [0.05, 0.1) is 24.5 Å². The third kappa shape index (κ3) is 4.42. The van der Waals surface area contributed by atoms with Crippen LogP contribution in [0.1, 0.15) is 24.2 Å². The van der Waals surface area contributed by atoms with E-state index < -0.39 is 5.82 Å². The summed E-state index contributed by atoms with van der Waals surface area (Å²) < 4.78 is 19.9. The van der Waals surface area contributed by atoms with Gasteiger partial charge in [0.15, 0.2) is 0 Å². The number of hydrogen-bond acceptors (Lipinski definition) is 5. The first kappa shape index (κ1) is 19.2. The molecule has 2 heterocycles. The van der Waals surface area contributed by atoms with Gasteiger partial charge in [0.1, 0.15) is 5.82 Å². The summed E-state index contributed by atoms with van der Waals surface area (Å²) in [5, 5.41) is 0. The predicted octanol–water partition coefficient (Wildman–Crippen LogP) is 2.85. The van der Waals surface area contributed by atoms with E-state index in [1.807, 2.05) is 18.7 Å². The van der Waals surface area contributed by atoms with Crippen molar-refractivity contribution in [3.63, 3.8) is 0 Å². The van der Waals surface area contributed by atoms with E-state index in [1.54, 1.807) is 30.1 Å². The predicted molar refractivity (Wildman–Crippen MR) is 102 cm³/mol. The maximum Gasteiger partial charge on any atom is 0.257 e. The van der Waals surface area contributed by atoms with Crippen molar-refractivity contribution in [2.45, 2.75) is 13.8 Å². The average molecular weight is 372 g/mol. The van der Waals surface area contributed by atoms with E-state index in [2.05, 4.69) is 9.97 Å². The summed E-state index contributed by atoms with van der Waals surface area (Å²) in [6.45, 7) is 7.20. The number of morpholine rings is 1. The van der Waals surface area contributed by atoms with Gasteiger partial charge >= 0.3 is 0 Å². The number of amides is 1. The Kier molecular flexibility index (Phi) is 6.01. The second kappa shape index (κ2) is 8.43. The molecule has 0 saturated carbocycles. The monoisotopic (exact) mass is 372 g/mol. The van der Waals surface area contributed by atoms with Crippen molar-refractivity contribution in [2.75, 3.05) is 44.8 Å². The summed E-state index contributed by atoms with van der Waals surface area (Å²) in [5.41, 5.74) is 0.932. The number of ether oxygens (including phenoxy) is 1. The van der Waals surface area contributed by atoms with Gasteiger partial charge in [-0.2, -0.15) is 0 Å². The van der Waals surface area contributed by atoms with Crippen LogP contribution >= 0.6 is 0 Å². The van der Waals surface area contributed by atoms with Gasteiger partial charge < -0.3 is 14.5 Å². The lowest BCUT2D eigenvalue weighted by atomic mass is 10.1. The quantitative estimate of drug-likeness (QED) is 0.808. The smallest absolute Gasteiger partial charge is 0.257 e. The highest BCUT2D eigenvalue weighted by molar-refractivity contribution is 5.99. The van der Waals surface area contributed by atoms with Crippen molar-refractivity contribution in [3.8, 4) is 11.3 Å². The Balaban J connectivity index is 2.04. The molecule has 0 unspecified atom stereocenters. The number of carbonyl (C=O) groups is 1. The number of anilines is 1. The number of carbonyl (C=O) groups excluding carboxylic acids is 1. The van der Waals surface area contributed by atoms with Crippen LogP contribution in [-0.4, -0.2) is 60.7 Å². The van der Waals surface area contributed by atoms with Gasteiger partial charge in [-0.1, -0.05) is 26.0 Å². The first-order valence-electron chi connectivity index (χ1n) is 9.17. The van der Waals surface area contributed by atoms with Crippen LogP contribution in [0.15, 0.2) is 30.5 Å². The molecule has 2 aromatic rings. The van der Waals surface area contributed by atoms with E-state index in [4.69, 9.17) is 4.74 Å². The molecule has 1 aromatic heterocycles. The summed E-state index contributed by atoms with van der Waals surface area (Å²) in [6.07, 6.45) is 1.51. The number of halogens is 1. The van der Waals surface area contributed by atoms with Gasteiger partial charge in [-0.25, -0.2) is 14.4 Å². The summed E-state index contributed by atoms with van der Waals surface area (Å²) in [7, 11) is 1.74. The highest BCUT2D eigenvalue weighted by atomic mass is 19.1. The Bertz CT molecular complexity index is 806. The van der Waals surface area contributed by atoms with Crippen molar-refractivity contribution >= 4 is 11.9 Å². The van der Waals surface area contributed by atoms with Crippen molar-refractivity contribution in [1.29, 1.82) is 0 Å². The highest BCUT2D eigenvalue weighted by Gasteiger charge is 2.23. The zero-order valence-corrected chi connectivity index (χ0v) is 16.0. The van der Waals surface area contributed by atoms with E-state index in [-0.39, 0.29) is 5.91 Å². The minimum atomic E-state index is -0.412. The van der Waals surface area contributed by atoms with Crippen LogP contribution in [0.2, 0.25) is 0 Å². The minimum absolute atomic E-state index is 0.213. The Morgan fingerprint density at radius 3 is 2.67 bits per heavy atom. The summed E-state index contributed by atoms with van der Waals surface area (Å²) in [5.74, 6) is 0.184. The van der Waals surface area contributed by atoms with Crippen molar-refractivity contribution < 1.29 is 13.9 Å². The fourth-order valence-corrected chi connectivity index (χ4v) is 3.14. The van der Waals surface area contributed by atoms with Crippen molar-refractivity contribution in [1.82, 2.24) is 14.9 Å². The first-order chi connectivity index (χ1) is 13.0. The lowest BCUT2D eigenvalue weighted by molar-refractivity contribution is 0.0779. The molecule has 0 spiro atoms. The van der Waals surface area contributed by atoms with Gasteiger partial charge in [0.25, 0.3) is 5.91 Å². The van der Waals surface area contributed by atoms with Gasteiger partial charge in [0, 0.05) is 38.4 Å². The summed E-state index contributed by atoms with van der Waals surface area (Å²) in [4.78, 5) is 25.5. The Labute approximate surface area is 159 Å². The molecule has 1 fully saturated rings. The Morgan fingerprint density at radius 1 is 1.30 bits per heavy atom. The van der Waals surface area contributed by atoms with E-state index in [0.717, 1.165) is 0 Å². The first-order valence-corrected chi connectivity index (χ1v) is 9.17. The van der Waals surface area contributed by atoms with Crippen LogP contribution in [-0.2, 0) is 4.74 Å². The molecule has 7 heteroatoms. The Hall–Kier alpha value is -2.54. The minimum Gasteiger partial charge on any atom is -0.378 e. The molecule has 144 valence electrons. The SMILES string of the molecule is CC(C)CN(C)C(=O)c1cnc(N2CCOCC2)nc1-c1ccccc1F. The maximum atomic E-state index is 14.5. The number of benzene rings is 1. The molecule has 1 saturated heterocycles. The van der Waals surface area contributed by atoms with Gasteiger partial charge in [-0.3, -0.25) is 4.79 Å². The molecule has 0 atom stereocenters. The molecule has 1 aromatic carbocycles. The molecular formula is C20H25FN4O2. The van der Waals surface area contributed by atoms with Crippen molar-refractivity contribution in [3.05, 3.63) is 41.8 Å². The fourth-order valence-electron chi connectivity index (χ4n) is 3.14. The molecule has 0 N–H and O–H groups in total. The van der Waals surface area contributed by atoms with Gasteiger partial charge in [0.2, 0.25) is 5.95 Å². The fraction of sp³-hybridized carbons (Fsp3) is 0.450. The average Bonchev–Trinajstić information content (AvgIpc) is 2.67. The second-order valence-corrected chi connectivity index (χ2v) is 7.09. The summed E-state index contributed by atoms with van der Waals surface area (Å²) in [6, 6.07) is 6.37. The Morgan fingerprint density at radius 2 is 2.00 bits per heavy atom. The largest absolute Gasteiger partial charge is 0.378 e. The van der Waals surface area contributed by atoms with Crippen LogP contribution < -0.4 is 4.90 Å². The topological polar surface area (TPSA) is 58.6 Å². The van der Waals surface area contributed by atoms with Crippen LogP contribution in [0.25, 0.3) is 11.3 Å². The lowest BCUT2D eigenvalue weighted by Gasteiger charge is -2.27. The molecule has 6 nitrogen and oxygen atoms in total. The highest BCUT2D eigenvalue weighted by Crippen LogP contribution is 2.27. The van der Waals surface area contributed by atoms with E-state index in [1.165, 1.54) is 12.3 Å².